The van der Waals surface area contributed by atoms with Crippen molar-refractivity contribution >= 4 is 5.91 Å². The number of rotatable bonds is 4. The first-order chi connectivity index (χ1) is 11.1. The number of carbonyl (C=O) groups is 1. The Kier molecular flexibility index (Phi) is 3.47. The molecule has 0 unspecified atom stereocenters. The minimum Gasteiger partial charge on any atom is -0.338 e. The SMILES string of the molecule is Cc1cnn(C[C@@H]2CCCN2C(=O)[C@H]2C[C@@H]2c2cnn(C)c2)c1. The maximum Gasteiger partial charge on any atom is 0.226 e. The average molecular weight is 313 g/mol. The van der Waals surface area contributed by atoms with Gasteiger partial charge in [0.2, 0.25) is 5.91 Å². The van der Waals surface area contributed by atoms with E-state index < -0.39 is 0 Å². The van der Waals surface area contributed by atoms with Crippen molar-refractivity contribution in [1.82, 2.24) is 24.5 Å². The van der Waals surface area contributed by atoms with E-state index in [9.17, 15) is 4.79 Å². The van der Waals surface area contributed by atoms with Crippen LogP contribution in [0.15, 0.2) is 24.8 Å². The Hall–Kier alpha value is -2.11. The first-order valence-corrected chi connectivity index (χ1v) is 8.40. The van der Waals surface area contributed by atoms with E-state index in [1.165, 1.54) is 11.1 Å². The lowest BCUT2D eigenvalue weighted by Gasteiger charge is -2.25. The van der Waals surface area contributed by atoms with Crippen molar-refractivity contribution in [3.05, 3.63) is 35.9 Å². The molecule has 2 fully saturated rings. The van der Waals surface area contributed by atoms with Gasteiger partial charge in [0.05, 0.1) is 25.0 Å². The standard InChI is InChI=1S/C17H23N5O/c1-12-7-19-21(9-12)11-14-4-3-5-22(14)17(23)16-6-15(16)13-8-18-20(2)10-13/h7-10,14-16H,3-6,11H2,1-2H3/t14-,15+,16-/m0/s1. The van der Waals surface area contributed by atoms with Crippen LogP contribution >= 0.6 is 0 Å². The number of amides is 1. The number of aryl methyl sites for hydroxylation is 2. The Balaban J connectivity index is 1.41. The van der Waals surface area contributed by atoms with Gasteiger partial charge in [-0.2, -0.15) is 10.2 Å². The lowest BCUT2D eigenvalue weighted by molar-refractivity contribution is -0.133. The van der Waals surface area contributed by atoms with E-state index in [-0.39, 0.29) is 12.0 Å². The van der Waals surface area contributed by atoms with E-state index in [0.29, 0.717) is 11.8 Å². The van der Waals surface area contributed by atoms with Crippen LogP contribution in [0, 0.1) is 12.8 Å². The molecule has 6 heteroatoms. The van der Waals surface area contributed by atoms with Crippen LogP contribution in [-0.2, 0) is 18.4 Å². The van der Waals surface area contributed by atoms with Gasteiger partial charge in [-0.3, -0.25) is 14.2 Å². The van der Waals surface area contributed by atoms with E-state index in [4.69, 9.17) is 0 Å². The first kappa shape index (κ1) is 14.5. The Labute approximate surface area is 136 Å². The van der Waals surface area contributed by atoms with Crippen molar-refractivity contribution in [2.45, 2.75) is 44.7 Å². The summed E-state index contributed by atoms with van der Waals surface area (Å²) < 4.78 is 3.78. The molecule has 0 radical (unpaired) electrons. The second-order valence-electron chi connectivity index (χ2n) is 6.96. The van der Waals surface area contributed by atoms with Gasteiger partial charge in [0, 0.05) is 31.9 Å². The highest BCUT2D eigenvalue weighted by molar-refractivity contribution is 5.83. The third-order valence-electron chi connectivity index (χ3n) is 5.08. The van der Waals surface area contributed by atoms with Gasteiger partial charge in [-0.1, -0.05) is 0 Å². The molecule has 2 aromatic rings. The molecule has 3 atom stereocenters. The van der Waals surface area contributed by atoms with Gasteiger partial charge in [0.15, 0.2) is 0 Å². The second-order valence-corrected chi connectivity index (χ2v) is 6.96. The predicted octanol–water partition coefficient (Wildman–Crippen LogP) is 1.72. The van der Waals surface area contributed by atoms with Crippen LogP contribution in [0.4, 0.5) is 0 Å². The molecule has 1 aliphatic heterocycles. The third-order valence-corrected chi connectivity index (χ3v) is 5.08. The highest BCUT2D eigenvalue weighted by Crippen LogP contribution is 2.49. The van der Waals surface area contributed by atoms with Crippen LogP contribution in [0.3, 0.4) is 0 Å². The van der Waals surface area contributed by atoms with Gasteiger partial charge in [-0.15, -0.1) is 0 Å². The van der Waals surface area contributed by atoms with Crippen LogP contribution in [0.1, 0.15) is 36.3 Å². The summed E-state index contributed by atoms with van der Waals surface area (Å²) in [5.74, 6) is 0.841. The molecule has 122 valence electrons. The number of likely N-dealkylation sites (tertiary alicyclic amines) is 1. The van der Waals surface area contributed by atoms with E-state index in [1.54, 1.807) is 0 Å². The Bertz CT molecular complexity index is 718. The van der Waals surface area contributed by atoms with Crippen molar-refractivity contribution in [2.24, 2.45) is 13.0 Å². The number of nitrogens with zero attached hydrogens (tertiary/aromatic N) is 5. The van der Waals surface area contributed by atoms with Crippen LogP contribution in [0.2, 0.25) is 0 Å². The summed E-state index contributed by atoms with van der Waals surface area (Å²) in [6.45, 7) is 3.74. The minimum absolute atomic E-state index is 0.152. The first-order valence-electron chi connectivity index (χ1n) is 8.40. The number of hydrogen-bond acceptors (Lipinski definition) is 3. The smallest absolute Gasteiger partial charge is 0.226 e. The highest BCUT2D eigenvalue weighted by Gasteiger charge is 2.48. The quantitative estimate of drug-likeness (QED) is 0.863. The van der Waals surface area contributed by atoms with Gasteiger partial charge in [0.1, 0.15) is 0 Å². The topological polar surface area (TPSA) is 56.0 Å². The highest BCUT2D eigenvalue weighted by atomic mass is 16.2. The Morgan fingerprint density at radius 3 is 2.87 bits per heavy atom. The number of hydrogen-bond donors (Lipinski definition) is 0. The Morgan fingerprint density at radius 1 is 1.30 bits per heavy atom. The van der Waals surface area contributed by atoms with Crippen molar-refractivity contribution < 1.29 is 4.79 Å². The molecule has 0 bridgehead atoms. The van der Waals surface area contributed by atoms with E-state index in [2.05, 4.69) is 21.3 Å². The molecule has 1 aliphatic carbocycles. The summed E-state index contributed by atoms with van der Waals surface area (Å²) >= 11 is 0. The fraction of sp³-hybridized carbons (Fsp3) is 0.588. The van der Waals surface area contributed by atoms with Gasteiger partial charge >= 0.3 is 0 Å². The molecule has 2 aliphatic rings. The van der Waals surface area contributed by atoms with Crippen molar-refractivity contribution in [3.63, 3.8) is 0 Å². The molecule has 23 heavy (non-hydrogen) atoms. The molecule has 1 saturated carbocycles. The fourth-order valence-electron chi connectivity index (χ4n) is 3.78. The molecule has 6 nitrogen and oxygen atoms in total. The normalized spacial score (nSPS) is 26.7. The number of aromatic nitrogens is 4. The maximum atomic E-state index is 12.9. The van der Waals surface area contributed by atoms with Crippen LogP contribution < -0.4 is 0 Å². The average Bonchev–Trinajstić information content (AvgIpc) is 2.86. The van der Waals surface area contributed by atoms with Crippen molar-refractivity contribution in [3.8, 4) is 0 Å². The van der Waals surface area contributed by atoms with Gasteiger partial charge in [-0.25, -0.2) is 0 Å². The summed E-state index contributed by atoms with van der Waals surface area (Å²) in [6, 6.07) is 0.289. The maximum absolute atomic E-state index is 12.9. The predicted molar refractivity (Wildman–Crippen MR) is 85.8 cm³/mol. The van der Waals surface area contributed by atoms with Gasteiger partial charge in [0.25, 0.3) is 0 Å². The molecular formula is C17H23N5O. The molecule has 4 rings (SSSR count). The molecule has 2 aromatic heterocycles. The third kappa shape index (κ3) is 2.78. The van der Waals surface area contributed by atoms with E-state index in [0.717, 1.165) is 32.4 Å². The summed E-state index contributed by atoms with van der Waals surface area (Å²) in [6.07, 6.45) is 11.0. The van der Waals surface area contributed by atoms with Crippen molar-refractivity contribution in [1.29, 1.82) is 0 Å². The molecular weight excluding hydrogens is 290 g/mol. The summed E-state index contributed by atoms with van der Waals surface area (Å²) in [4.78, 5) is 15.0. The van der Waals surface area contributed by atoms with E-state index in [1.807, 2.05) is 41.9 Å². The molecule has 3 heterocycles. The minimum atomic E-state index is 0.152. The monoisotopic (exact) mass is 313 g/mol. The molecule has 0 spiro atoms. The van der Waals surface area contributed by atoms with E-state index >= 15 is 0 Å². The number of carbonyl (C=O) groups excluding carboxylic acids is 1. The summed E-state index contributed by atoms with van der Waals surface area (Å²) in [5, 5.41) is 8.59. The lowest BCUT2D eigenvalue weighted by Crippen LogP contribution is -2.39. The zero-order valence-corrected chi connectivity index (χ0v) is 13.7. The molecule has 0 aromatic carbocycles. The summed E-state index contributed by atoms with van der Waals surface area (Å²) in [5.41, 5.74) is 2.36. The second kappa shape index (κ2) is 5.51. The zero-order valence-electron chi connectivity index (χ0n) is 13.7. The van der Waals surface area contributed by atoms with Crippen LogP contribution in [-0.4, -0.2) is 43.0 Å². The zero-order chi connectivity index (χ0) is 16.0. The van der Waals surface area contributed by atoms with Gasteiger partial charge < -0.3 is 4.90 Å². The largest absolute Gasteiger partial charge is 0.338 e. The van der Waals surface area contributed by atoms with Crippen LogP contribution in [0.25, 0.3) is 0 Å². The van der Waals surface area contributed by atoms with Crippen molar-refractivity contribution in [2.75, 3.05) is 6.54 Å². The van der Waals surface area contributed by atoms with Crippen LogP contribution in [0.5, 0.6) is 0 Å². The Morgan fingerprint density at radius 2 is 2.17 bits per heavy atom. The molecule has 0 N–H and O–H groups in total. The molecule has 1 amide bonds. The van der Waals surface area contributed by atoms with Gasteiger partial charge in [-0.05, 0) is 43.2 Å². The lowest BCUT2D eigenvalue weighted by atomic mass is 10.1. The molecule has 1 saturated heterocycles. The summed E-state index contributed by atoms with van der Waals surface area (Å²) in [7, 11) is 1.92. The fourth-order valence-corrected chi connectivity index (χ4v) is 3.78.